The smallest absolute Gasteiger partial charge is 0.131 e. The number of nitrogens with one attached hydrogen (secondary N) is 1. The van der Waals surface area contributed by atoms with Crippen molar-refractivity contribution in [1.82, 2.24) is 15.3 Å². The minimum atomic E-state index is 0.396. The van der Waals surface area contributed by atoms with Crippen LogP contribution in [0.5, 0.6) is 0 Å². The van der Waals surface area contributed by atoms with Crippen molar-refractivity contribution in [3.63, 3.8) is 0 Å². The van der Waals surface area contributed by atoms with Crippen LogP contribution in [0.25, 0.3) is 0 Å². The fourth-order valence-electron chi connectivity index (χ4n) is 1.80. The monoisotopic (exact) mass is 235 g/mol. The Morgan fingerprint density at radius 3 is 2.53 bits per heavy atom. The van der Waals surface area contributed by atoms with E-state index in [1.54, 1.807) is 0 Å². The van der Waals surface area contributed by atoms with E-state index in [-0.39, 0.29) is 0 Å². The molecule has 1 aromatic heterocycles. The molecule has 0 aromatic carbocycles. The first-order valence-corrected chi connectivity index (χ1v) is 6.60. The molecule has 0 bridgehead atoms. The number of rotatable bonds is 6. The molecule has 1 heterocycles. The summed E-state index contributed by atoms with van der Waals surface area (Å²) in [6.07, 6.45) is 2.15. The highest BCUT2D eigenvalue weighted by molar-refractivity contribution is 5.12. The maximum absolute atomic E-state index is 4.63. The Morgan fingerprint density at radius 2 is 1.94 bits per heavy atom. The van der Waals surface area contributed by atoms with Crippen LogP contribution in [0.15, 0.2) is 6.07 Å². The molecule has 0 saturated carbocycles. The molecule has 1 aromatic rings. The predicted molar refractivity (Wildman–Crippen MR) is 72.3 cm³/mol. The summed E-state index contributed by atoms with van der Waals surface area (Å²) in [5.41, 5.74) is 2.22. The van der Waals surface area contributed by atoms with Crippen molar-refractivity contribution >= 4 is 0 Å². The van der Waals surface area contributed by atoms with E-state index in [0.29, 0.717) is 12.0 Å². The Labute approximate surface area is 105 Å². The molecule has 96 valence electrons. The molecule has 1 rings (SSSR count). The van der Waals surface area contributed by atoms with E-state index in [0.717, 1.165) is 30.2 Å². The van der Waals surface area contributed by atoms with Gasteiger partial charge < -0.3 is 5.32 Å². The Bertz CT molecular complexity index is 347. The van der Waals surface area contributed by atoms with Crippen LogP contribution in [0.2, 0.25) is 0 Å². The number of aryl methyl sites for hydroxylation is 1. The fraction of sp³-hybridized carbons (Fsp3) is 0.714. The molecule has 3 heteroatoms. The van der Waals surface area contributed by atoms with Gasteiger partial charge in [-0.2, -0.15) is 0 Å². The largest absolute Gasteiger partial charge is 0.314 e. The van der Waals surface area contributed by atoms with Crippen LogP contribution in [0.3, 0.4) is 0 Å². The number of hydrogen-bond acceptors (Lipinski definition) is 3. The van der Waals surface area contributed by atoms with E-state index in [1.807, 2.05) is 6.92 Å². The zero-order valence-electron chi connectivity index (χ0n) is 11.7. The van der Waals surface area contributed by atoms with Crippen molar-refractivity contribution in [2.24, 2.45) is 0 Å². The van der Waals surface area contributed by atoms with E-state index in [4.69, 9.17) is 0 Å². The molecule has 1 N–H and O–H groups in total. The zero-order valence-corrected chi connectivity index (χ0v) is 11.7. The molecule has 0 radical (unpaired) electrons. The van der Waals surface area contributed by atoms with Gasteiger partial charge in [-0.1, -0.05) is 20.8 Å². The molecule has 17 heavy (non-hydrogen) atoms. The normalized spacial score (nSPS) is 13.1. The van der Waals surface area contributed by atoms with Crippen LogP contribution < -0.4 is 5.32 Å². The topological polar surface area (TPSA) is 37.8 Å². The van der Waals surface area contributed by atoms with Gasteiger partial charge in [-0.25, -0.2) is 9.97 Å². The Kier molecular flexibility index (Phi) is 5.56. The van der Waals surface area contributed by atoms with Crippen molar-refractivity contribution in [3.05, 3.63) is 23.3 Å². The summed E-state index contributed by atoms with van der Waals surface area (Å²) in [5, 5.41) is 3.49. The van der Waals surface area contributed by atoms with Gasteiger partial charge in [-0.15, -0.1) is 0 Å². The molecule has 3 nitrogen and oxygen atoms in total. The summed E-state index contributed by atoms with van der Waals surface area (Å²) >= 11 is 0. The second-order valence-electron chi connectivity index (χ2n) is 5.07. The van der Waals surface area contributed by atoms with E-state index in [1.165, 1.54) is 6.42 Å². The number of hydrogen-bond donors (Lipinski definition) is 1. The predicted octanol–water partition coefficient (Wildman–Crippen LogP) is 2.84. The molecule has 1 unspecified atom stereocenters. The Hall–Kier alpha value is -0.960. The maximum Gasteiger partial charge on any atom is 0.131 e. The highest BCUT2D eigenvalue weighted by Crippen LogP contribution is 2.11. The molecule has 0 amide bonds. The Morgan fingerprint density at radius 1 is 1.24 bits per heavy atom. The van der Waals surface area contributed by atoms with E-state index in [2.05, 4.69) is 49.0 Å². The van der Waals surface area contributed by atoms with E-state index >= 15 is 0 Å². The van der Waals surface area contributed by atoms with Gasteiger partial charge in [0.2, 0.25) is 0 Å². The number of nitrogens with zero attached hydrogens (tertiary/aromatic N) is 2. The molecule has 0 aliphatic rings. The second-order valence-corrected chi connectivity index (χ2v) is 5.07. The molecule has 1 atom stereocenters. The summed E-state index contributed by atoms with van der Waals surface area (Å²) < 4.78 is 0. The Balaban J connectivity index is 2.70. The van der Waals surface area contributed by atoms with Crippen LogP contribution >= 0.6 is 0 Å². The highest BCUT2D eigenvalue weighted by Gasteiger charge is 2.08. The summed E-state index contributed by atoms with van der Waals surface area (Å²) in [6, 6.07) is 2.57. The first-order valence-electron chi connectivity index (χ1n) is 6.60. The highest BCUT2D eigenvalue weighted by atomic mass is 14.9. The number of aromatic nitrogens is 2. The fourth-order valence-corrected chi connectivity index (χ4v) is 1.80. The van der Waals surface area contributed by atoms with Gasteiger partial charge in [0.15, 0.2) is 0 Å². The van der Waals surface area contributed by atoms with E-state index < -0.39 is 0 Å². The summed E-state index contributed by atoms with van der Waals surface area (Å²) in [4.78, 5) is 9.10. The van der Waals surface area contributed by atoms with Crippen molar-refractivity contribution in [2.45, 2.75) is 59.4 Å². The van der Waals surface area contributed by atoms with Crippen molar-refractivity contribution in [2.75, 3.05) is 6.54 Å². The molecule has 0 fully saturated rings. The van der Waals surface area contributed by atoms with Crippen LogP contribution in [0.4, 0.5) is 0 Å². The van der Waals surface area contributed by atoms with Crippen LogP contribution in [-0.4, -0.2) is 22.6 Å². The molecule has 0 aliphatic heterocycles. The molecular weight excluding hydrogens is 210 g/mol. The van der Waals surface area contributed by atoms with Gasteiger partial charge in [0, 0.05) is 29.8 Å². The lowest BCUT2D eigenvalue weighted by Crippen LogP contribution is -2.29. The van der Waals surface area contributed by atoms with Gasteiger partial charge in [-0.05, 0) is 32.9 Å². The standard InChI is InChI=1S/C14H25N3/c1-6-7-15-11(4)8-13-9-12(5)16-14(17-13)10(2)3/h9-11,15H,6-8H2,1-5H3. The average Bonchev–Trinajstić information content (AvgIpc) is 2.25. The van der Waals surface area contributed by atoms with Crippen molar-refractivity contribution < 1.29 is 0 Å². The minimum Gasteiger partial charge on any atom is -0.314 e. The lowest BCUT2D eigenvalue weighted by atomic mass is 10.1. The van der Waals surface area contributed by atoms with Crippen LogP contribution in [0.1, 0.15) is 57.2 Å². The van der Waals surface area contributed by atoms with Crippen LogP contribution in [-0.2, 0) is 6.42 Å². The molecule has 0 saturated heterocycles. The SMILES string of the molecule is CCCNC(C)Cc1cc(C)nc(C(C)C)n1. The third kappa shape index (κ3) is 4.82. The lowest BCUT2D eigenvalue weighted by molar-refractivity contribution is 0.536. The second kappa shape index (κ2) is 6.70. The van der Waals surface area contributed by atoms with Gasteiger partial charge in [-0.3, -0.25) is 0 Å². The summed E-state index contributed by atoms with van der Waals surface area (Å²) in [5.74, 6) is 1.36. The van der Waals surface area contributed by atoms with Gasteiger partial charge in [0.05, 0.1) is 0 Å². The van der Waals surface area contributed by atoms with Gasteiger partial charge >= 0.3 is 0 Å². The summed E-state index contributed by atoms with van der Waals surface area (Å²) in [7, 11) is 0. The lowest BCUT2D eigenvalue weighted by Gasteiger charge is -2.14. The third-order valence-electron chi connectivity index (χ3n) is 2.70. The van der Waals surface area contributed by atoms with Gasteiger partial charge in [0.25, 0.3) is 0 Å². The summed E-state index contributed by atoms with van der Waals surface area (Å²) in [6.45, 7) is 11.8. The maximum atomic E-state index is 4.63. The zero-order chi connectivity index (χ0) is 12.8. The quantitative estimate of drug-likeness (QED) is 0.824. The van der Waals surface area contributed by atoms with Crippen molar-refractivity contribution in [3.8, 4) is 0 Å². The molecule has 0 aliphatic carbocycles. The average molecular weight is 235 g/mol. The molecular formula is C14H25N3. The van der Waals surface area contributed by atoms with E-state index in [9.17, 15) is 0 Å². The minimum absolute atomic E-state index is 0.396. The first kappa shape index (κ1) is 14.1. The van der Waals surface area contributed by atoms with Crippen molar-refractivity contribution in [1.29, 1.82) is 0 Å². The van der Waals surface area contributed by atoms with Crippen LogP contribution in [0, 0.1) is 6.92 Å². The molecule has 0 spiro atoms. The first-order chi connectivity index (χ1) is 8.02. The van der Waals surface area contributed by atoms with Gasteiger partial charge in [0.1, 0.15) is 5.82 Å². The third-order valence-corrected chi connectivity index (χ3v) is 2.70.